The summed E-state index contributed by atoms with van der Waals surface area (Å²) in [5.41, 5.74) is -0.379. The Bertz CT molecular complexity index is 503. The summed E-state index contributed by atoms with van der Waals surface area (Å²) in [4.78, 5) is 19.8. The van der Waals surface area contributed by atoms with Gasteiger partial charge in [-0.3, -0.25) is 0 Å². The molecule has 0 radical (unpaired) electrons. The summed E-state index contributed by atoms with van der Waals surface area (Å²) in [6.45, 7) is 7.67. The fraction of sp³-hybridized carbons (Fsp3) is 0.750. The van der Waals surface area contributed by atoms with E-state index in [9.17, 15) is 9.90 Å². The Hall–Kier alpha value is -1.14. The van der Waals surface area contributed by atoms with Crippen LogP contribution >= 0.6 is 11.3 Å². The molecule has 2 amide bonds. The van der Waals surface area contributed by atoms with Crippen LogP contribution in [0, 0.1) is 12.8 Å². The molecule has 0 aromatic carbocycles. The van der Waals surface area contributed by atoms with Gasteiger partial charge in [-0.25, -0.2) is 9.78 Å². The van der Waals surface area contributed by atoms with Crippen molar-refractivity contribution in [3.8, 4) is 0 Å². The van der Waals surface area contributed by atoms with Crippen LogP contribution in [0.1, 0.15) is 43.0 Å². The minimum atomic E-state index is -0.379. The first-order valence-corrected chi connectivity index (χ1v) is 8.86. The molecule has 0 bridgehead atoms. The van der Waals surface area contributed by atoms with Gasteiger partial charge in [0.25, 0.3) is 0 Å². The van der Waals surface area contributed by atoms with Crippen molar-refractivity contribution < 1.29 is 9.90 Å². The van der Waals surface area contributed by atoms with Crippen molar-refractivity contribution in [1.29, 1.82) is 0 Å². The lowest BCUT2D eigenvalue weighted by Crippen LogP contribution is -2.54. The van der Waals surface area contributed by atoms with Crippen LogP contribution in [0.15, 0.2) is 6.20 Å². The van der Waals surface area contributed by atoms with Gasteiger partial charge in [-0.05, 0) is 32.1 Å². The van der Waals surface area contributed by atoms with Gasteiger partial charge in [-0.2, -0.15) is 0 Å². The zero-order chi connectivity index (χ0) is 16.2. The maximum atomic E-state index is 12.5. The van der Waals surface area contributed by atoms with Crippen molar-refractivity contribution in [1.82, 2.24) is 15.2 Å². The molecule has 2 heterocycles. The fourth-order valence-corrected chi connectivity index (χ4v) is 4.13. The Kier molecular flexibility index (Phi) is 5.81. The maximum absolute atomic E-state index is 12.5. The van der Waals surface area contributed by atoms with Crippen molar-refractivity contribution in [2.24, 2.45) is 5.92 Å². The van der Waals surface area contributed by atoms with Gasteiger partial charge in [0.2, 0.25) is 0 Å². The number of hydrogen-bond acceptors (Lipinski definition) is 4. The molecule has 1 fully saturated rings. The van der Waals surface area contributed by atoms with Gasteiger partial charge in [0.05, 0.1) is 17.2 Å². The molecule has 5 nitrogen and oxygen atoms in total. The van der Waals surface area contributed by atoms with E-state index in [-0.39, 0.29) is 18.2 Å². The summed E-state index contributed by atoms with van der Waals surface area (Å²) < 4.78 is 0. The lowest BCUT2D eigenvalue weighted by molar-refractivity contribution is 0.0678. The van der Waals surface area contributed by atoms with E-state index in [4.69, 9.17) is 0 Å². The highest BCUT2D eigenvalue weighted by atomic mass is 32.1. The number of carbonyl (C=O) groups excluding carboxylic acids is 1. The summed E-state index contributed by atoms with van der Waals surface area (Å²) >= 11 is 1.67. The number of aromatic nitrogens is 1. The lowest BCUT2D eigenvalue weighted by atomic mass is 9.87. The van der Waals surface area contributed by atoms with Gasteiger partial charge in [0.15, 0.2) is 0 Å². The van der Waals surface area contributed by atoms with E-state index >= 15 is 0 Å². The Labute approximate surface area is 136 Å². The quantitative estimate of drug-likeness (QED) is 0.845. The van der Waals surface area contributed by atoms with Crippen molar-refractivity contribution >= 4 is 17.4 Å². The molecule has 0 spiro atoms. The van der Waals surface area contributed by atoms with Crippen LogP contribution in [-0.2, 0) is 6.42 Å². The monoisotopic (exact) mass is 325 g/mol. The molecule has 124 valence electrons. The molecule has 0 aliphatic carbocycles. The Morgan fingerprint density at radius 3 is 2.95 bits per heavy atom. The van der Waals surface area contributed by atoms with Crippen molar-refractivity contribution in [3.63, 3.8) is 0 Å². The highest BCUT2D eigenvalue weighted by Gasteiger charge is 2.43. The predicted octanol–water partition coefficient (Wildman–Crippen LogP) is 2.58. The molecule has 1 atom stereocenters. The largest absolute Gasteiger partial charge is 0.394 e. The molecule has 1 aliphatic rings. The first-order valence-electron chi connectivity index (χ1n) is 8.04. The predicted molar refractivity (Wildman–Crippen MR) is 89.2 cm³/mol. The van der Waals surface area contributed by atoms with Gasteiger partial charge in [-0.1, -0.05) is 13.8 Å². The van der Waals surface area contributed by atoms with Gasteiger partial charge in [0, 0.05) is 30.6 Å². The lowest BCUT2D eigenvalue weighted by Gasteiger charge is -2.38. The van der Waals surface area contributed by atoms with Crippen LogP contribution in [-0.4, -0.2) is 46.3 Å². The highest BCUT2D eigenvalue weighted by molar-refractivity contribution is 7.11. The molecule has 6 heteroatoms. The van der Waals surface area contributed by atoms with Crippen LogP contribution < -0.4 is 5.32 Å². The molecule has 1 aromatic heterocycles. The number of aliphatic hydroxyl groups is 1. The van der Waals surface area contributed by atoms with E-state index in [1.807, 2.05) is 18.0 Å². The molecule has 2 rings (SSSR count). The molecule has 0 unspecified atom stereocenters. The molecule has 1 aromatic rings. The van der Waals surface area contributed by atoms with Crippen LogP contribution in [0.2, 0.25) is 0 Å². The number of aryl methyl sites for hydroxylation is 1. The van der Waals surface area contributed by atoms with Crippen LogP contribution in [0.4, 0.5) is 4.79 Å². The normalized spacial score (nSPS) is 21.6. The second kappa shape index (κ2) is 7.42. The number of rotatable bonds is 6. The third kappa shape index (κ3) is 3.98. The number of nitrogens with one attached hydrogen (secondary N) is 1. The summed E-state index contributed by atoms with van der Waals surface area (Å²) in [6, 6.07) is -0.0551. The molecule has 22 heavy (non-hydrogen) atoms. The summed E-state index contributed by atoms with van der Waals surface area (Å²) in [5.74, 6) is 0.457. The minimum Gasteiger partial charge on any atom is -0.394 e. The van der Waals surface area contributed by atoms with Crippen molar-refractivity contribution in [2.75, 3.05) is 19.7 Å². The number of amides is 2. The Morgan fingerprint density at radius 1 is 1.59 bits per heavy atom. The van der Waals surface area contributed by atoms with Gasteiger partial charge >= 0.3 is 6.03 Å². The number of likely N-dealkylation sites (tertiary alicyclic amines) is 1. The average molecular weight is 325 g/mol. The van der Waals surface area contributed by atoms with Gasteiger partial charge < -0.3 is 15.3 Å². The first-order chi connectivity index (χ1) is 10.5. The summed E-state index contributed by atoms with van der Waals surface area (Å²) in [7, 11) is 0. The fourth-order valence-electron chi connectivity index (χ4n) is 3.35. The highest BCUT2D eigenvalue weighted by Crippen LogP contribution is 2.34. The van der Waals surface area contributed by atoms with E-state index < -0.39 is 0 Å². The molecular weight excluding hydrogens is 298 g/mol. The number of carbonyl (C=O) groups is 1. The van der Waals surface area contributed by atoms with Crippen molar-refractivity contribution in [3.05, 3.63) is 16.1 Å². The number of hydrogen-bond donors (Lipinski definition) is 2. The third-order valence-corrected chi connectivity index (χ3v) is 5.18. The summed E-state index contributed by atoms with van der Waals surface area (Å²) in [5, 5.41) is 13.9. The summed E-state index contributed by atoms with van der Waals surface area (Å²) in [6.07, 6.45) is 5.33. The Balaban J connectivity index is 1.90. The zero-order valence-electron chi connectivity index (χ0n) is 13.8. The van der Waals surface area contributed by atoms with E-state index in [2.05, 4.69) is 24.1 Å². The molecule has 1 saturated heterocycles. The minimum absolute atomic E-state index is 0.0459. The maximum Gasteiger partial charge on any atom is 0.317 e. The van der Waals surface area contributed by atoms with Crippen molar-refractivity contribution in [2.45, 2.75) is 52.0 Å². The van der Waals surface area contributed by atoms with E-state index in [1.165, 1.54) is 4.88 Å². The van der Waals surface area contributed by atoms with Gasteiger partial charge in [-0.15, -0.1) is 11.3 Å². The molecule has 0 saturated carbocycles. The number of thiazole rings is 1. The average Bonchev–Trinajstić information content (AvgIpc) is 3.05. The van der Waals surface area contributed by atoms with Crippen LogP contribution in [0.25, 0.3) is 0 Å². The van der Waals surface area contributed by atoms with Crippen LogP contribution in [0.3, 0.4) is 0 Å². The second-order valence-corrected chi connectivity index (χ2v) is 7.90. The molecule has 1 aliphatic heterocycles. The number of nitrogens with zero attached hydrogens (tertiary/aromatic N) is 2. The van der Waals surface area contributed by atoms with Crippen LogP contribution in [0.5, 0.6) is 0 Å². The van der Waals surface area contributed by atoms with E-state index in [1.54, 1.807) is 11.3 Å². The number of aliphatic hydroxyl groups excluding tert-OH is 1. The smallest absolute Gasteiger partial charge is 0.317 e. The zero-order valence-corrected chi connectivity index (χ0v) is 14.6. The van der Waals surface area contributed by atoms with Gasteiger partial charge in [0.1, 0.15) is 0 Å². The SMILES string of the molecule is Cc1cnc(CCNC(=O)N2CCC[C@@]2(CO)CC(C)C)s1. The number of urea groups is 1. The first kappa shape index (κ1) is 17.2. The molecular formula is C16H27N3O2S. The second-order valence-electron chi connectivity index (χ2n) is 6.58. The molecule has 2 N–H and O–H groups in total. The topological polar surface area (TPSA) is 65.5 Å². The standard InChI is InChI=1S/C16H27N3O2S/c1-12(2)9-16(11-20)6-4-8-19(16)15(21)17-7-5-14-18-10-13(3)22-14/h10,12,20H,4-9,11H2,1-3H3,(H,17,21)/t16-/m0/s1. The third-order valence-electron chi connectivity index (χ3n) is 4.21. The van der Waals surface area contributed by atoms with E-state index in [0.717, 1.165) is 37.2 Å². The van der Waals surface area contributed by atoms with E-state index in [0.29, 0.717) is 12.5 Å². The Morgan fingerprint density at radius 2 is 2.36 bits per heavy atom.